The number of ketones is 1. The van der Waals surface area contributed by atoms with Gasteiger partial charge in [0, 0.05) is 29.4 Å². The maximum Gasteiger partial charge on any atom is 0.182 e. The third-order valence-electron chi connectivity index (χ3n) is 6.66. The summed E-state index contributed by atoms with van der Waals surface area (Å²) in [5.74, 6) is 1.58. The summed E-state index contributed by atoms with van der Waals surface area (Å²) in [4.78, 5) is 20.3. The number of aromatic nitrogens is 1. The number of phenolic OH excluding ortho intramolecular Hbond substituents is 1. The number of pyridine rings is 1. The molecule has 0 aliphatic carbocycles. The topological polar surface area (TPSA) is 65.8 Å². The highest BCUT2D eigenvalue weighted by molar-refractivity contribution is 9.08. The zero-order valence-corrected chi connectivity index (χ0v) is 23.1. The second-order valence-corrected chi connectivity index (χ2v) is 11.8. The molecular weight excluding hydrogens is 490 g/mol. The maximum absolute atomic E-state index is 13.6. The lowest BCUT2D eigenvalue weighted by molar-refractivity contribution is 0.0963. The Morgan fingerprint density at radius 2 is 1.76 bits per heavy atom. The molecule has 6 heteroatoms. The van der Waals surface area contributed by atoms with E-state index in [0.29, 0.717) is 17.2 Å². The van der Waals surface area contributed by atoms with Gasteiger partial charge in [0.25, 0.3) is 0 Å². The van der Waals surface area contributed by atoms with Crippen LogP contribution in [-0.2, 0) is 10.8 Å². The predicted octanol–water partition coefficient (Wildman–Crippen LogP) is 6.79. The van der Waals surface area contributed by atoms with E-state index < -0.39 is 0 Å². The van der Waals surface area contributed by atoms with Crippen LogP contribution in [0.5, 0.6) is 5.75 Å². The molecule has 1 N–H and O–H groups in total. The molecule has 0 bridgehead atoms. The van der Waals surface area contributed by atoms with Crippen LogP contribution in [0.25, 0.3) is 0 Å². The average molecular weight is 529 g/mol. The number of halogens is 1. The quantitative estimate of drug-likeness (QED) is 0.420. The smallest absolute Gasteiger partial charge is 0.182 e. The van der Waals surface area contributed by atoms with Gasteiger partial charge < -0.3 is 10.0 Å². The molecule has 0 unspecified atom stereocenters. The van der Waals surface area contributed by atoms with Gasteiger partial charge in [-0.05, 0) is 47.4 Å². The fraction of sp³-hybridized carbons (Fsp3) is 0.536. The molecule has 0 saturated carbocycles. The van der Waals surface area contributed by atoms with Crippen molar-refractivity contribution in [3.8, 4) is 5.75 Å². The number of carbonyl (C=O) groups excluding carboxylic acids is 1. The first-order valence-corrected chi connectivity index (χ1v) is 12.8. The third-order valence-corrected chi connectivity index (χ3v) is 7.03. The number of hydrogen-bond donors (Lipinski definition) is 1. The molecular formula is C28H38BrN3O2. The van der Waals surface area contributed by atoms with Gasteiger partial charge in [0.2, 0.25) is 0 Å². The summed E-state index contributed by atoms with van der Waals surface area (Å²) < 4.78 is 4.46. The van der Waals surface area contributed by atoms with Crippen LogP contribution in [0.1, 0.15) is 94.4 Å². The number of carbonyl (C=O) groups is 1. The number of Topliss-reactive ketones (excluding diaryl/α,β-unsaturated/α-hetero) is 1. The number of benzene rings is 1. The molecule has 1 aromatic heterocycles. The lowest BCUT2D eigenvalue weighted by Gasteiger charge is -2.28. The molecule has 1 fully saturated rings. The van der Waals surface area contributed by atoms with E-state index in [0.717, 1.165) is 42.0 Å². The van der Waals surface area contributed by atoms with Gasteiger partial charge in [-0.2, -0.15) is 4.02 Å². The lowest BCUT2D eigenvalue weighted by Crippen LogP contribution is -2.32. The molecule has 5 nitrogen and oxygen atoms in total. The van der Waals surface area contributed by atoms with Crippen molar-refractivity contribution in [2.45, 2.75) is 78.1 Å². The summed E-state index contributed by atoms with van der Waals surface area (Å²) in [6, 6.07) is 9.71. The zero-order valence-electron chi connectivity index (χ0n) is 21.5. The van der Waals surface area contributed by atoms with E-state index in [2.05, 4.69) is 78.5 Å². The van der Waals surface area contributed by atoms with Gasteiger partial charge in [-0.1, -0.05) is 61.0 Å². The van der Waals surface area contributed by atoms with Crippen LogP contribution in [0.4, 0.5) is 0 Å². The monoisotopic (exact) mass is 527 g/mol. The van der Waals surface area contributed by atoms with Crippen LogP contribution < -0.4 is 0 Å². The van der Waals surface area contributed by atoms with Crippen LogP contribution >= 0.6 is 16.1 Å². The molecule has 2 aromatic rings. The SMILES string of the molecule is CCC[C@H]1CN(CC(=O)c2cc(C(C)(C)C)c(O)c(C(C)(C)C)c2)C(=NBr)[C@@H]1c1ccccn1. The Kier molecular flexibility index (Phi) is 7.91. The van der Waals surface area contributed by atoms with Gasteiger partial charge in [-0.25, -0.2) is 0 Å². The molecule has 0 spiro atoms. The van der Waals surface area contributed by atoms with Gasteiger partial charge in [-0.3, -0.25) is 9.78 Å². The Hall–Kier alpha value is -2.21. The number of nitrogens with zero attached hydrogens (tertiary/aromatic N) is 3. The van der Waals surface area contributed by atoms with Crippen molar-refractivity contribution in [3.63, 3.8) is 0 Å². The van der Waals surface area contributed by atoms with Crippen molar-refractivity contribution in [2.24, 2.45) is 9.94 Å². The highest BCUT2D eigenvalue weighted by Crippen LogP contribution is 2.41. The lowest BCUT2D eigenvalue weighted by atomic mass is 9.78. The largest absolute Gasteiger partial charge is 0.507 e. The van der Waals surface area contributed by atoms with Crippen LogP contribution in [0.2, 0.25) is 0 Å². The summed E-state index contributed by atoms with van der Waals surface area (Å²) in [6.45, 7) is 15.6. The number of hydrogen-bond acceptors (Lipinski definition) is 4. The van der Waals surface area contributed by atoms with E-state index >= 15 is 0 Å². The molecule has 1 aromatic carbocycles. The van der Waals surface area contributed by atoms with Gasteiger partial charge >= 0.3 is 0 Å². The van der Waals surface area contributed by atoms with Crippen LogP contribution in [-0.4, -0.2) is 39.7 Å². The van der Waals surface area contributed by atoms with Crippen molar-refractivity contribution in [1.82, 2.24) is 9.88 Å². The molecule has 184 valence electrons. The van der Waals surface area contributed by atoms with E-state index in [1.807, 2.05) is 36.5 Å². The van der Waals surface area contributed by atoms with Gasteiger partial charge in [0.05, 0.1) is 34.3 Å². The van der Waals surface area contributed by atoms with E-state index in [1.165, 1.54) is 0 Å². The van der Waals surface area contributed by atoms with Crippen LogP contribution in [0.15, 0.2) is 40.5 Å². The van der Waals surface area contributed by atoms with Crippen LogP contribution in [0, 0.1) is 5.92 Å². The minimum absolute atomic E-state index is 0.0292. The first-order valence-electron chi connectivity index (χ1n) is 12.1. The Labute approximate surface area is 213 Å². The first-order chi connectivity index (χ1) is 15.9. The molecule has 0 radical (unpaired) electrons. The Morgan fingerprint density at radius 3 is 2.24 bits per heavy atom. The normalized spacial score (nSPS) is 20.2. The second-order valence-electron chi connectivity index (χ2n) is 11.4. The number of rotatable bonds is 6. The summed E-state index contributed by atoms with van der Waals surface area (Å²) in [6.07, 6.45) is 3.92. The van der Waals surface area contributed by atoms with E-state index in [1.54, 1.807) is 0 Å². The van der Waals surface area contributed by atoms with Crippen molar-refractivity contribution < 1.29 is 9.90 Å². The molecule has 34 heavy (non-hydrogen) atoms. The second kappa shape index (κ2) is 10.2. The number of amidine groups is 1. The maximum atomic E-state index is 13.6. The molecule has 2 heterocycles. The van der Waals surface area contributed by atoms with Crippen molar-refractivity contribution in [2.75, 3.05) is 13.1 Å². The number of aromatic hydroxyl groups is 1. The van der Waals surface area contributed by atoms with Crippen molar-refractivity contribution in [1.29, 1.82) is 0 Å². The third kappa shape index (κ3) is 5.54. The minimum Gasteiger partial charge on any atom is -0.507 e. The number of likely N-dealkylation sites (tertiary alicyclic amines) is 1. The van der Waals surface area contributed by atoms with E-state index in [4.69, 9.17) is 0 Å². The average Bonchev–Trinajstić information content (AvgIpc) is 3.09. The van der Waals surface area contributed by atoms with Crippen molar-refractivity contribution in [3.05, 3.63) is 58.9 Å². The summed E-state index contributed by atoms with van der Waals surface area (Å²) in [7, 11) is 0. The highest BCUT2D eigenvalue weighted by atomic mass is 79.9. The fourth-order valence-electron chi connectivity index (χ4n) is 4.91. The predicted molar refractivity (Wildman–Crippen MR) is 143 cm³/mol. The molecule has 3 rings (SSSR count). The number of phenols is 1. The Morgan fingerprint density at radius 1 is 1.15 bits per heavy atom. The summed E-state index contributed by atoms with van der Waals surface area (Å²) in [5, 5.41) is 11.0. The van der Waals surface area contributed by atoms with Crippen molar-refractivity contribution >= 4 is 27.8 Å². The molecule has 1 aliphatic rings. The fourth-order valence-corrected chi connectivity index (χ4v) is 5.35. The molecule has 0 amide bonds. The summed E-state index contributed by atoms with van der Waals surface area (Å²) in [5.41, 5.74) is 2.65. The molecule has 1 aliphatic heterocycles. The Balaban J connectivity index is 1.97. The molecule has 2 atom stereocenters. The summed E-state index contributed by atoms with van der Waals surface area (Å²) >= 11 is 3.34. The van der Waals surface area contributed by atoms with E-state index in [-0.39, 0.29) is 29.1 Å². The minimum atomic E-state index is -0.285. The zero-order chi connectivity index (χ0) is 25.3. The highest BCUT2D eigenvalue weighted by Gasteiger charge is 2.40. The first kappa shape index (κ1) is 26.4. The molecule has 1 saturated heterocycles. The van der Waals surface area contributed by atoms with Gasteiger partial charge in [-0.15, -0.1) is 0 Å². The van der Waals surface area contributed by atoms with Gasteiger partial charge in [0.1, 0.15) is 11.6 Å². The standard InChI is InChI=1S/C28H38BrN3O2/c1-8-11-18-16-32(26(31-29)24(18)22-12-9-10-13-30-22)17-23(33)19-14-20(27(2,3)4)25(34)21(15-19)28(5,6)7/h9-10,12-15,18,24,34H,8,11,16-17H2,1-7H3/t18-,24-/m0/s1. The van der Waals surface area contributed by atoms with E-state index in [9.17, 15) is 9.90 Å². The van der Waals surface area contributed by atoms with Gasteiger partial charge in [0.15, 0.2) is 5.78 Å². The Bertz CT molecular complexity index is 1020. The van der Waals surface area contributed by atoms with Crippen LogP contribution in [0.3, 0.4) is 0 Å².